The molecule has 2 aromatic rings. The van der Waals surface area contributed by atoms with Crippen molar-refractivity contribution in [3.63, 3.8) is 0 Å². The number of imide groups is 1. The van der Waals surface area contributed by atoms with Gasteiger partial charge in [-0.2, -0.15) is 0 Å². The van der Waals surface area contributed by atoms with Crippen LogP contribution in [0.2, 0.25) is 0 Å². The molecular weight excluding hydrogens is 308 g/mol. The van der Waals surface area contributed by atoms with E-state index in [2.05, 4.69) is 0 Å². The summed E-state index contributed by atoms with van der Waals surface area (Å²) in [5, 5.41) is 1.92. The van der Waals surface area contributed by atoms with Crippen molar-refractivity contribution < 1.29 is 9.59 Å². The number of likely N-dealkylation sites (N-methyl/N-ethyl adjacent to an activating group) is 1. The van der Waals surface area contributed by atoms with E-state index in [0.717, 1.165) is 17.0 Å². The Hall–Kier alpha value is -2.40. The normalized spacial score (nSPS) is 14.8. The lowest BCUT2D eigenvalue weighted by molar-refractivity contribution is -0.136. The maximum Gasteiger partial charge on any atom is 0.278 e. The zero-order valence-electron chi connectivity index (χ0n) is 13.2. The summed E-state index contributed by atoms with van der Waals surface area (Å²) < 4.78 is 0. The van der Waals surface area contributed by atoms with Gasteiger partial charge in [0.25, 0.3) is 11.8 Å². The second-order valence-electron chi connectivity index (χ2n) is 5.36. The Kier molecular flexibility index (Phi) is 4.30. The second kappa shape index (κ2) is 6.38. The largest absolute Gasteiger partial charge is 0.339 e. The standard InChI is InChI=1S/C18H18N2O2S/c1-3-11-20-17(21)15(14-10-7-12-23-14)16(18(20)22)19(2)13-8-5-4-6-9-13/h4-10,12H,3,11H2,1-2H3. The van der Waals surface area contributed by atoms with E-state index < -0.39 is 0 Å². The van der Waals surface area contributed by atoms with E-state index in [1.807, 2.05) is 66.7 Å². The van der Waals surface area contributed by atoms with Gasteiger partial charge in [0.2, 0.25) is 0 Å². The predicted molar refractivity (Wildman–Crippen MR) is 93.1 cm³/mol. The van der Waals surface area contributed by atoms with E-state index in [-0.39, 0.29) is 11.8 Å². The minimum atomic E-state index is -0.216. The Morgan fingerprint density at radius 2 is 1.78 bits per heavy atom. The highest BCUT2D eigenvalue weighted by Crippen LogP contribution is 2.35. The summed E-state index contributed by atoms with van der Waals surface area (Å²) in [5.74, 6) is -0.413. The molecule has 0 N–H and O–H groups in total. The zero-order valence-corrected chi connectivity index (χ0v) is 14.0. The van der Waals surface area contributed by atoms with Gasteiger partial charge in [0, 0.05) is 24.2 Å². The quantitative estimate of drug-likeness (QED) is 0.791. The first-order valence-corrected chi connectivity index (χ1v) is 8.46. The van der Waals surface area contributed by atoms with Gasteiger partial charge in [0.15, 0.2) is 0 Å². The summed E-state index contributed by atoms with van der Waals surface area (Å²) in [7, 11) is 1.83. The molecule has 4 nitrogen and oxygen atoms in total. The molecule has 0 bridgehead atoms. The molecule has 1 aliphatic heterocycles. The lowest BCUT2D eigenvalue weighted by Gasteiger charge is -2.21. The van der Waals surface area contributed by atoms with Gasteiger partial charge < -0.3 is 4.90 Å². The van der Waals surface area contributed by atoms with Crippen molar-refractivity contribution in [3.05, 3.63) is 58.4 Å². The summed E-state index contributed by atoms with van der Waals surface area (Å²) in [5.41, 5.74) is 1.85. The Balaban J connectivity index is 2.11. The molecule has 0 saturated carbocycles. The first-order valence-electron chi connectivity index (χ1n) is 7.58. The third kappa shape index (κ3) is 2.68. The van der Waals surface area contributed by atoms with E-state index in [1.54, 1.807) is 0 Å². The Morgan fingerprint density at radius 3 is 2.39 bits per heavy atom. The molecule has 0 aliphatic carbocycles. The number of rotatable bonds is 5. The molecule has 2 amide bonds. The Labute approximate surface area is 139 Å². The predicted octanol–water partition coefficient (Wildman–Crippen LogP) is 3.37. The minimum absolute atomic E-state index is 0.197. The maximum absolute atomic E-state index is 12.8. The summed E-state index contributed by atoms with van der Waals surface area (Å²) in [6, 6.07) is 13.4. The summed E-state index contributed by atoms with van der Waals surface area (Å²) >= 11 is 1.48. The third-order valence-electron chi connectivity index (χ3n) is 3.84. The van der Waals surface area contributed by atoms with Crippen molar-refractivity contribution in [2.24, 2.45) is 0 Å². The highest BCUT2D eigenvalue weighted by Gasteiger charge is 2.40. The van der Waals surface area contributed by atoms with Crippen LogP contribution < -0.4 is 4.90 Å². The number of anilines is 1. The maximum atomic E-state index is 12.8. The fourth-order valence-electron chi connectivity index (χ4n) is 2.72. The lowest BCUT2D eigenvalue weighted by Crippen LogP contribution is -2.34. The fourth-order valence-corrected chi connectivity index (χ4v) is 3.49. The van der Waals surface area contributed by atoms with Crippen LogP contribution in [0.3, 0.4) is 0 Å². The number of carbonyl (C=O) groups is 2. The number of para-hydroxylation sites is 1. The molecule has 1 aliphatic rings. The van der Waals surface area contributed by atoms with Crippen LogP contribution in [0.1, 0.15) is 18.2 Å². The summed E-state index contributed by atoms with van der Waals surface area (Å²) in [6.07, 6.45) is 0.748. The number of amides is 2. The van der Waals surface area contributed by atoms with Crippen molar-refractivity contribution in [1.29, 1.82) is 0 Å². The highest BCUT2D eigenvalue weighted by atomic mass is 32.1. The highest BCUT2D eigenvalue weighted by molar-refractivity contribution is 7.11. The Bertz CT molecular complexity index is 751. The van der Waals surface area contributed by atoms with Gasteiger partial charge >= 0.3 is 0 Å². The van der Waals surface area contributed by atoms with E-state index >= 15 is 0 Å². The van der Waals surface area contributed by atoms with Gasteiger partial charge in [-0.3, -0.25) is 14.5 Å². The summed E-state index contributed by atoms with van der Waals surface area (Å²) in [4.78, 5) is 29.6. The molecule has 1 aromatic carbocycles. The van der Waals surface area contributed by atoms with Crippen LogP contribution in [0.25, 0.3) is 5.57 Å². The SMILES string of the molecule is CCCN1C(=O)C(c2cccs2)=C(N(C)c2ccccc2)C1=O. The minimum Gasteiger partial charge on any atom is -0.339 e. The van der Waals surface area contributed by atoms with Crippen LogP contribution in [0.5, 0.6) is 0 Å². The third-order valence-corrected chi connectivity index (χ3v) is 4.72. The van der Waals surface area contributed by atoms with Gasteiger partial charge in [0.1, 0.15) is 5.70 Å². The molecule has 0 unspecified atom stereocenters. The molecule has 118 valence electrons. The van der Waals surface area contributed by atoms with Gasteiger partial charge in [-0.15, -0.1) is 11.3 Å². The number of thiophene rings is 1. The van der Waals surface area contributed by atoms with Crippen molar-refractivity contribution in [2.75, 3.05) is 18.5 Å². The van der Waals surface area contributed by atoms with Crippen LogP contribution in [-0.4, -0.2) is 30.3 Å². The molecular formula is C18H18N2O2S. The molecule has 0 atom stereocenters. The van der Waals surface area contributed by atoms with E-state index in [1.165, 1.54) is 16.2 Å². The number of hydrogen-bond acceptors (Lipinski definition) is 4. The van der Waals surface area contributed by atoms with Crippen LogP contribution in [-0.2, 0) is 9.59 Å². The van der Waals surface area contributed by atoms with Gasteiger partial charge in [-0.05, 0) is 30.0 Å². The lowest BCUT2D eigenvalue weighted by atomic mass is 10.1. The second-order valence-corrected chi connectivity index (χ2v) is 6.31. The van der Waals surface area contributed by atoms with Crippen LogP contribution in [0, 0.1) is 0 Å². The molecule has 3 rings (SSSR count). The zero-order chi connectivity index (χ0) is 16.4. The molecule has 1 aromatic heterocycles. The molecule has 0 fully saturated rings. The smallest absolute Gasteiger partial charge is 0.278 e. The molecule has 23 heavy (non-hydrogen) atoms. The average molecular weight is 326 g/mol. The van der Waals surface area contributed by atoms with E-state index in [9.17, 15) is 9.59 Å². The average Bonchev–Trinajstić information content (AvgIpc) is 3.17. The number of hydrogen-bond donors (Lipinski definition) is 0. The van der Waals surface area contributed by atoms with Gasteiger partial charge in [0.05, 0.1) is 5.57 Å². The fraction of sp³-hybridized carbons (Fsp3) is 0.222. The van der Waals surface area contributed by atoms with Crippen molar-refractivity contribution in [2.45, 2.75) is 13.3 Å². The molecule has 0 radical (unpaired) electrons. The van der Waals surface area contributed by atoms with Crippen LogP contribution >= 0.6 is 11.3 Å². The molecule has 5 heteroatoms. The first-order chi connectivity index (χ1) is 11.1. The van der Waals surface area contributed by atoms with Crippen LogP contribution in [0.15, 0.2) is 53.5 Å². The van der Waals surface area contributed by atoms with Crippen molar-refractivity contribution in [3.8, 4) is 0 Å². The number of carbonyl (C=O) groups excluding carboxylic acids is 2. The van der Waals surface area contributed by atoms with E-state index in [4.69, 9.17) is 0 Å². The van der Waals surface area contributed by atoms with Gasteiger partial charge in [-0.25, -0.2) is 0 Å². The van der Waals surface area contributed by atoms with Crippen molar-refractivity contribution in [1.82, 2.24) is 4.90 Å². The Morgan fingerprint density at radius 1 is 1.04 bits per heavy atom. The van der Waals surface area contributed by atoms with Gasteiger partial charge in [-0.1, -0.05) is 31.2 Å². The number of nitrogens with zero attached hydrogens (tertiary/aromatic N) is 2. The monoisotopic (exact) mass is 326 g/mol. The van der Waals surface area contributed by atoms with Crippen LogP contribution in [0.4, 0.5) is 5.69 Å². The molecule has 2 heterocycles. The van der Waals surface area contributed by atoms with E-state index in [0.29, 0.717) is 17.8 Å². The van der Waals surface area contributed by atoms with Crippen molar-refractivity contribution >= 4 is 34.4 Å². The first kappa shape index (κ1) is 15.5. The number of benzene rings is 1. The topological polar surface area (TPSA) is 40.6 Å². The summed E-state index contributed by atoms with van der Waals surface area (Å²) in [6.45, 7) is 2.41. The molecule has 0 saturated heterocycles. The molecule has 0 spiro atoms.